The summed E-state index contributed by atoms with van der Waals surface area (Å²) in [4.78, 5) is 14.5. The van der Waals surface area contributed by atoms with Crippen molar-refractivity contribution in [3.8, 4) is 35.2 Å². The number of hydrogen-bond donors (Lipinski definition) is 1. The van der Waals surface area contributed by atoms with Crippen molar-refractivity contribution in [1.29, 1.82) is 0 Å². The van der Waals surface area contributed by atoms with Crippen molar-refractivity contribution in [2.75, 3.05) is 43.4 Å². The summed E-state index contributed by atoms with van der Waals surface area (Å²) in [5.41, 5.74) is 1.91. The molecular weight excluding hydrogens is 590 g/mol. The van der Waals surface area contributed by atoms with Gasteiger partial charge in [-0.25, -0.2) is 8.78 Å². The Morgan fingerprint density at radius 1 is 1.04 bits per heavy atom. The molecule has 0 saturated carbocycles. The summed E-state index contributed by atoms with van der Waals surface area (Å²) in [5, 5.41) is 12.7. The van der Waals surface area contributed by atoms with Crippen molar-refractivity contribution in [1.82, 2.24) is 14.9 Å². The second-order valence-corrected chi connectivity index (χ2v) is 14.8. The molecule has 4 aromatic rings. The number of piperidine rings is 1. The topological polar surface area (TPSA) is 61.7 Å². The van der Waals surface area contributed by atoms with E-state index in [0.717, 1.165) is 62.1 Å². The molecule has 4 fully saturated rings. The average Bonchev–Trinajstić information content (AvgIpc) is 3.74. The molecule has 0 bridgehead atoms. The van der Waals surface area contributed by atoms with Gasteiger partial charge in [-0.2, -0.15) is 21.7 Å². The Bertz CT molecular complexity index is 1850. The van der Waals surface area contributed by atoms with E-state index in [4.69, 9.17) is 21.1 Å². The van der Waals surface area contributed by atoms with Crippen molar-refractivity contribution >= 4 is 39.3 Å². The molecule has 9 heteroatoms. The quantitative estimate of drug-likeness (QED) is 0.237. The fourth-order valence-corrected chi connectivity index (χ4v) is 9.76. The molecular formula is C36H36F2N4O2S. The number of phenols is 1. The van der Waals surface area contributed by atoms with Crippen molar-refractivity contribution in [3.63, 3.8) is 0 Å². The Morgan fingerprint density at radius 2 is 1.91 bits per heavy atom. The van der Waals surface area contributed by atoms with Gasteiger partial charge in [0.2, 0.25) is 0 Å². The van der Waals surface area contributed by atoms with Crippen LogP contribution in [-0.4, -0.2) is 75.0 Å². The molecule has 0 radical (unpaired) electrons. The van der Waals surface area contributed by atoms with Gasteiger partial charge in [-0.05, 0) is 97.7 Å². The summed E-state index contributed by atoms with van der Waals surface area (Å²) in [6, 6.07) is 12.4. The summed E-state index contributed by atoms with van der Waals surface area (Å²) < 4.78 is 36.1. The molecule has 0 aliphatic carbocycles. The van der Waals surface area contributed by atoms with Crippen LogP contribution in [-0.2, 0) is 0 Å². The predicted molar refractivity (Wildman–Crippen MR) is 176 cm³/mol. The first-order valence-corrected chi connectivity index (χ1v) is 17.0. The highest BCUT2D eigenvalue weighted by Crippen LogP contribution is 2.47. The Morgan fingerprint density at radius 3 is 2.71 bits per heavy atom. The van der Waals surface area contributed by atoms with Gasteiger partial charge in [0.1, 0.15) is 30.2 Å². The van der Waals surface area contributed by atoms with E-state index in [-0.39, 0.29) is 22.9 Å². The maximum Gasteiger partial charge on any atom is 0.319 e. The maximum atomic E-state index is 14.8. The molecule has 3 aromatic carbocycles. The fraction of sp³-hybridized carbons (Fsp3) is 0.444. The molecule has 0 amide bonds. The monoisotopic (exact) mass is 626 g/mol. The van der Waals surface area contributed by atoms with Crippen molar-refractivity contribution in [2.24, 2.45) is 0 Å². The molecule has 2 atom stereocenters. The van der Waals surface area contributed by atoms with Gasteiger partial charge >= 0.3 is 6.01 Å². The van der Waals surface area contributed by atoms with Gasteiger partial charge in [-0.1, -0.05) is 18.1 Å². The molecule has 1 spiro atoms. The summed E-state index contributed by atoms with van der Waals surface area (Å²) >= 11 is 2.13. The first-order chi connectivity index (χ1) is 21.9. The minimum atomic E-state index is -0.839. The van der Waals surface area contributed by atoms with Crippen LogP contribution in [0.15, 0.2) is 42.5 Å². The predicted octanol–water partition coefficient (Wildman–Crippen LogP) is 7.10. The van der Waals surface area contributed by atoms with Crippen molar-refractivity contribution in [3.05, 3.63) is 53.8 Å². The Hall–Kier alpha value is -3.61. The number of rotatable bonds is 5. The lowest BCUT2D eigenvalue weighted by Crippen LogP contribution is -2.43. The van der Waals surface area contributed by atoms with Gasteiger partial charge in [-0.15, -0.1) is 6.42 Å². The zero-order valence-electron chi connectivity index (χ0n) is 25.2. The Labute approximate surface area is 266 Å². The van der Waals surface area contributed by atoms with Crippen LogP contribution in [0.2, 0.25) is 0 Å². The molecule has 0 unspecified atom stereocenters. The second kappa shape index (κ2) is 11.0. The van der Waals surface area contributed by atoms with Crippen LogP contribution in [0.4, 0.5) is 14.6 Å². The molecule has 1 aromatic heterocycles. The third-order valence-electron chi connectivity index (χ3n) is 10.6. The molecule has 8 rings (SSSR count). The van der Waals surface area contributed by atoms with E-state index in [1.54, 1.807) is 18.2 Å². The van der Waals surface area contributed by atoms with Gasteiger partial charge in [0.25, 0.3) is 0 Å². The highest BCUT2D eigenvalue weighted by Gasteiger charge is 2.49. The van der Waals surface area contributed by atoms with Gasteiger partial charge in [0.05, 0.1) is 16.6 Å². The maximum absolute atomic E-state index is 14.8. The molecule has 6 nitrogen and oxygen atoms in total. The first kappa shape index (κ1) is 28.8. The average molecular weight is 627 g/mol. The van der Waals surface area contributed by atoms with E-state index in [2.05, 4.69) is 27.5 Å². The minimum absolute atomic E-state index is 0.0645. The highest BCUT2D eigenvalue weighted by molar-refractivity contribution is 8.00. The molecule has 4 aliphatic heterocycles. The number of halogens is 2. The largest absolute Gasteiger partial charge is 0.508 e. The van der Waals surface area contributed by atoms with E-state index >= 15 is 0 Å². The third kappa shape index (κ3) is 4.97. The Kier molecular flexibility index (Phi) is 7.07. The lowest BCUT2D eigenvalue weighted by molar-refractivity contribution is 0.107. The van der Waals surface area contributed by atoms with Crippen LogP contribution >= 0.6 is 11.8 Å². The number of aromatic hydroxyl groups is 1. The van der Waals surface area contributed by atoms with Crippen LogP contribution in [0.5, 0.6) is 11.8 Å². The van der Waals surface area contributed by atoms with Crippen LogP contribution in [0.1, 0.15) is 50.5 Å². The van der Waals surface area contributed by atoms with Crippen LogP contribution in [0.25, 0.3) is 32.8 Å². The van der Waals surface area contributed by atoms with E-state index in [9.17, 15) is 13.9 Å². The molecule has 45 heavy (non-hydrogen) atoms. The summed E-state index contributed by atoms with van der Waals surface area (Å²) in [7, 11) is 0. The van der Waals surface area contributed by atoms with Crippen LogP contribution in [0, 0.1) is 18.2 Å². The van der Waals surface area contributed by atoms with Crippen molar-refractivity contribution in [2.45, 2.75) is 61.4 Å². The number of anilines is 1. The fourth-order valence-electron chi connectivity index (χ4n) is 8.28. The Balaban J connectivity index is 1.21. The van der Waals surface area contributed by atoms with Gasteiger partial charge < -0.3 is 14.7 Å². The van der Waals surface area contributed by atoms with E-state index in [1.807, 2.05) is 18.2 Å². The van der Waals surface area contributed by atoms with Crippen molar-refractivity contribution < 1.29 is 18.6 Å². The first-order valence-electron chi connectivity index (χ1n) is 16.0. The number of phenolic OH excluding ortho intramolecular Hbond substituents is 1. The van der Waals surface area contributed by atoms with Gasteiger partial charge in [-0.3, -0.25) is 4.90 Å². The molecule has 1 N–H and O–H groups in total. The summed E-state index contributed by atoms with van der Waals surface area (Å²) in [6.07, 6.45) is 12.1. The standard InChI is InChI=1S/C36H36F2N4O2S/c1-2-27-30(38)8-6-24-17-26(43)19-29(32(24)27)23-5-7-28-31(18-23)39-34(44-22-35-9-3-13-42(35)21-25(37)20-35)40-33(28)41-14-11-36(12-15-41)10-4-16-45-36/h1,5-8,17-19,25,43H,3-4,9-16,20-22H2/t25-,35+/m1/s1. The SMILES string of the molecule is C#Cc1c(F)ccc2cc(O)cc(-c3ccc4c(N5CCC6(CCCS6)CC5)nc(OC[C@@]56CCCN5C[C@H](F)C6)nc4c3)c12. The van der Waals surface area contributed by atoms with E-state index in [0.29, 0.717) is 46.2 Å². The molecule has 4 saturated heterocycles. The number of alkyl halides is 1. The van der Waals surface area contributed by atoms with Crippen LogP contribution < -0.4 is 9.64 Å². The van der Waals surface area contributed by atoms with E-state index in [1.165, 1.54) is 24.7 Å². The lowest BCUT2D eigenvalue weighted by Gasteiger charge is -2.39. The number of aromatic nitrogens is 2. The zero-order chi connectivity index (χ0) is 30.8. The second-order valence-electron chi connectivity index (χ2n) is 13.2. The molecule has 232 valence electrons. The summed E-state index contributed by atoms with van der Waals surface area (Å²) in [6.45, 7) is 3.51. The number of ether oxygens (including phenoxy) is 1. The highest BCUT2D eigenvalue weighted by atomic mass is 32.2. The third-order valence-corrected chi connectivity index (χ3v) is 12.3. The normalized spacial score (nSPS) is 24.5. The number of terminal acetylenes is 1. The minimum Gasteiger partial charge on any atom is -0.508 e. The number of nitrogens with zero attached hydrogens (tertiary/aromatic N) is 4. The van der Waals surface area contributed by atoms with E-state index < -0.39 is 12.0 Å². The zero-order valence-corrected chi connectivity index (χ0v) is 26.0. The lowest BCUT2D eigenvalue weighted by atomic mass is 9.91. The smallest absolute Gasteiger partial charge is 0.319 e. The van der Waals surface area contributed by atoms with Gasteiger partial charge in [0.15, 0.2) is 0 Å². The van der Waals surface area contributed by atoms with Crippen LogP contribution in [0.3, 0.4) is 0 Å². The van der Waals surface area contributed by atoms with Gasteiger partial charge in [0, 0.05) is 41.6 Å². The molecule has 4 aliphatic rings. The summed E-state index contributed by atoms with van der Waals surface area (Å²) in [5.74, 6) is 4.17. The number of hydrogen-bond acceptors (Lipinski definition) is 7. The number of thioether (sulfide) groups is 1. The number of benzene rings is 3. The number of fused-ring (bicyclic) bond motifs is 3. The molecule has 5 heterocycles.